The van der Waals surface area contributed by atoms with Crippen LogP contribution in [0.25, 0.3) is 6.08 Å². The van der Waals surface area contributed by atoms with Crippen molar-refractivity contribution in [2.24, 2.45) is 5.41 Å². The first-order chi connectivity index (χ1) is 9.26. The third-order valence-corrected chi connectivity index (χ3v) is 4.59. The Labute approximate surface area is 115 Å². The molecule has 0 aliphatic carbocycles. The van der Waals surface area contributed by atoms with Crippen LogP contribution in [0, 0.1) is 5.41 Å². The highest BCUT2D eigenvalue weighted by molar-refractivity contribution is 5.46. The lowest BCUT2D eigenvalue weighted by atomic mass is 9.78. The molecule has 0 unspecified atom stereocenters. The van der Waals surface area contributed by atoms with E-state index in [2.05, 4.69) is 23.2 Å². The average molecular weight is 260 g/mol. The Morgan fingerprint density at radius 1 is 1.42 bits per heavy atom. The lowest BCUT2D eigenvalue weighted by molar-refractivity contribution is 0.201. The Bertz CT molecular complexity index is 430. The number of nitrogens with zero attached hydrogens (tertiary/aromatic N) is 1. The first-order valence-electron chi connectivity index (χ1n) is 7.40. The lowest BCUT2D eigenvalue weighted by Gasteiger charge is -2.34. The average Bonchev–Trinajstić information content (AvgIpc) is 3.02. The van der Waals surface area contributed by atoms with Gasteiger partial charge in [-0.05, 0) is 69.4 Å². The monoisotopic (exact) mass is 260 g/mol. The van der Waals surface area contributed by atoms with E-state index in [1.54, 1.807) is 6.26 Å². The molecule has 0 bridgehead atoms. The Morgan fingerprint density at radius 2 is 2.26 bits per heavy atom. The van der Waals surface area contributed by atoms with Gasteiger partial charge in [-0.25, -0.2) is 0 Å². The van der Waals surface area contributed by atoms with Crippen molar-refractivity contribution in [2.45, 2.75) is 26.2 Å². The van der Waals surface area contributed by atoms with Gasteiger partial charge in [0.1, 0.15) is 5.76 Å². The van der Waals surface area contributed by atoms with Gasteiger partial charge in [0.15, 0.2) is 0 Å². The Balaban J connectivity index is 1.56. The van der Waals surface area contributed by atoms with E-state index in [1.807, 2.05) is 12.1 Å². The van der Waals surface area contributed by atoms with Gasteiger partial charge in [0.05, 0.1) is 6.26 Å². The second-order valence-corrected chi connectivity index (χ2v) is 6.22. The van der Waals surface area contributed by atoms with Crippen LogP contribution in [-0.4, -0.2) is 37.6 Å². The van der Waals surface area contributed by atoms with E-state index in [0.717, 1.165) is 12.3 Å². The molecule has 3 rings (SSSR count). The van der Waals surface area contributed by atoms with Crippen LogP contribution >= 0.6 is 0 Å². The zero-order valence-electron chi connectivity index (χ0n) is 11.8. The van der Waals surface area contributed by atoms with Crippen LogP contribution in [0.5, 0.6) is 0 Å². The normalized spacial score (nSPS) is 24.2. The molecule has 2 saturated heterocycles. The van der Waals surface area contributed by atoms with Gasteiger partial charge in [-0.2, -0.15) is 0 Å². The zero-order chi connectivity index (χ0) is 13.1. The Hall–Kier alpha value is -1.06. The molecule has 1 aromatic heterocycles. The van der Waals surface area contributed by atoms with Gasteiger partial charge >= 0.3 is 0 Å². The van der Waals surface area contributed by atoms with Crippen LogP contribution in [0.2, 0.25) is 0 Å². The summed E-state index contributed by atoms with van der Waals surface area (Å²) in [6.07, 6.45) is 7.98. The SMILES string of the molecule is C/C(=C\c1ccco1)CN1CCC2(CCNCC2)C1. The van der Waals surface area contributed by atoms with E-state index >= 15 is 0 Å². The van der Waals surface area contributed by atoms with E-state index in [0.29, 0.717) is 5.41 Å². The molecule has 1 aromatic rings. The fourth-order valence-electron chi connectivity index (χ4n) is 3.54. The summed E-state index contributed by atoms with van der Waals surface area (Å²) in [5.41, 5.74) is 2.00. The predicted octanol–water partition coefficient (Wildman–Crippen LogP) is 2.76. The number of rotatable bonds is 3. The summed E-state index contributed by atoms with van der Waals surface area (Å²) in [5, 5.41) is 3.48. The molecule has 0 amide bonds. The summed E-state index contributed by atoms with van der Waals surface area (Å²) >= 11 is 0. The minimum absolute atomic E-state index is 0.607. The van der Waals surface area contributed by atoms with Crippen molar-refractivity contribution < 1.29 is 4.42 Å². The number of hydrogen-bond donors (Lipinski definition) is 1. The van der Waals surface area contributed by atoms with Crippen molar-refractivity contribution >= 4 is 6.08 Å². The van der Waals surface area contributed by atoms with E-state index in [1.165, 1.54) is 51.0 Å². The summed E-state index contributed by atoms with van der Waals surface area (Å²) in [6.45, 7) is 8.22. The number of hydrogen-bond acceptors (Lipinski definition) is 3. The highest BCUT2D eigenvalue weighted by Gasteiger charge is 2.38. The molecule has 0 atom stereocenters. The molecule has 0 aromatic carbocycles. The summed E-state index contributed by atoms with van der Waals surface area (Å²) in [5.74, 6) is 0.966. The molecule has 2 aliphatic rings. The summed E-state index contributed by atoms with van der Waals surface area (Å²) in [4.78, 5) is 2.61. The van der Waals surface area contributed by atoms with Crippen LogP contribution in [0.1, 0.15) is 31.9 Å². The molecule has 1 spiro atoms. The first-order valence-corrected chi connectivity index (χ1v) is 7.40. The maximum absolute atomic E-state index is 5.38. The minimum atomic E-state index is 0.607. The highest BCUT2D eigenvalue weighted by Crippen LogP contribution is 2.38. The van der Waals surface area contributed by atoms with Gasteiger partial charge in [-0.15, -0.1) is 0 Å². The van der Waals surface area contributed by atoms with Gasteiger partial charge in [0, 0.05) is 13.1 Å². The second kappa shape index (κ2) is 5.51. The molecule has 3 heteroatoms. The summed E-state index contributed by atoms with van der Waals surface area (Å²) < 4.78 is 5.38. The molecule has 1 N–H and O–H groups in total. The predicted molar refractivity (Wildman–Crippen MR) is 78.0 cm³/mol. The number of furan rings is 1. The van der Waals surface area contributed by atoms with Crippen LogP contribution in [-0.2, 0) is 0 Å². The lowest BCUT2D eigenvalue weighted by Crippen LogP contribution is -2.38. The molecule has 3 heterocycles. The molecule has 0 saturated carbocycles. The van der Waals surface area contributed by atoms with Gasteiger partial charge in [0.2, 0.25) is 0 Å². The van der Waals surface area contributed by atoms with Gasteiger partial charge in [-0.3, -0.25) is 4.90 Å². The first kappa shape index (κ1) is 12.9. The number of piperidine rings is 1. The highest BCUT2D eigenvalue weighted by atomic mass is 16.3. The third kappa shape index (κ3) is 3.10. The van der Waals surface area contributed by atoms with E-state index < -0.39 is 0 Å². The van der Waals surface area contributed by atoms with E-state index in [4.69, 9.17) is 4.42 Å². The zero-order valence-corrected chi connectivity index (χ0v) is 11.8. The van der Waals surface area contributed by atoms with Crippen LogP contribution in [0.15, 0.2) is 28.4 Å². The Morgan fingerprint density at radius 3 is 3.00 bits per heavy atom. The fraction of sp³-hybridized carbons (Fsp3) is 0.625. The molecule has 2 aliphatic heterocycles. The van der Waals surface area contributed by atoms with Crippen molar-refractivity contribution in [1.29, 1.82) is 0 Å². The van der Waals surface area contributed by atoms with Crippen molar-refractivity contribution in [1.82, 2.24) is 10.2 Å². The van der Waals surface area contributed by atoms with Gasteiger partial charge in [-0.1, -0.05) is 5.57 Å². The minimum Gasteiger partial charge on any atom is -0.465 e. The quantitative estimate of drug-likeness (QED) is 0.906. The van der Waals surface area contributed by atoms with Crippen molar-refractivity contribution in [3.63, 3.8) is 0 Å². The standard InChI is InChI=1S/C16H24N2O/c1-14(11-15-3-2-10-19-15)12-18-9-6-16(13-18)4-7-17-8-5-16/h2-3,10-11,17H,4-9,12-13H2,1H3/b14-11+. The third-order valence-electron chi connectivity index (χ3n) is 4.59. The Kier molecular flexibility index (Phi) is 3.76. The maximum atomic E-state index is 5.38. The molecular weight excluding hydrogens is 236 g/mol. The number of likely N-dealkylation sites (tertiary alicyclic amines) is 1. The summed E-state index contributed by atoms with van der Waals surface area (Å²) in [6, 6.07) is 3.96. The largest absolute Gasteiger partial charge is 0.465 e. The second-order valence-electron chi connectivity index (χ2n) is 6.22. The van der Waals surface area contributed by atoms with E-state index in [-0.39, 0.29) is 0 Å². The van der Waals surface area contributed by atoms with Gasteiger partial charge in [0.25, 0.3) is 0 Å². The molecule has 2 fully saturated rings. The van der Waals surface area contributed by atoms with Gasteiger partial charge < -0.3 is 9.73 Å². The van der Waals surface area contributed by atoms with E-state index in [9.17, 15) is 0 Å². The smallest absolute Gasteiger partial charge is 0.126 e. The molecular formula is C16H24N2O. The molecule has 19 heavy (non-hydrogen) atoms. The van der Waals surface area contributed by atoms with Crippen molar-refractivity contribution in [3.8, 4) is 0 Å². The maximum Gasteiger partial charge on any atom is 0.126 e. The van der Waals surface area contributed by atoms with Crippen LogP contribution in [0.4, 0.5) is 0 Å². The number of nitrogens with one attached hydrogen (secondary N) is 1. The summed E-state index contributed by atoms with van der Waals surface area (Å²) in [7, 11) is 0. The molecule has 0 radical (unpaired) electrons. The van der Waals surface area contributed by atoms with Crippen LogP contribution < -0.4 is 5.32 Å². The van der Waals surface area contributed by atoms with Crippen molar-refractivity contribution in [2.75, 3.05) is 32.7 Å². The topological polar surface area (TPSA) is 28.4 Å². The molecule has 3 nitrogen and oxygen atoms in total. The van der Waals surface area contributed by atoms with Crippen LogP contribution in [0.3, 0.4) is 0 Å². The van der Waals surface area contributed by atoms with Crippen molar-refractivity contribution in [3.05, 3.63) is 29.7 Å². The fourth-order valence-corrected chi connectivity index (χ4v) is 3.54. The molecule has 104 valence electrons.